The predicted molar refractivity (Wildman–Crippen MR) is 69.4 cm³/mol. The minimum Gasteiger partial charge on any atom is -0.490 e. The largest absolute Gasteiger partial charge is 0.490 e. The number of nitro groups is 1. The van der Waals surface area contributed by atoms with Gasteiger partial charge < -0.3 is 9.47 Å². The van der Waals surface area contributed by atoms with Gasteiger partial charge >= 0.3 is 11.7 Å². The number of nitrogens with zero attached hydrogens (tertiary/aromatic N) is 1. The highest BCUT2D eigenvalue weighted by Gasteiger charge is 2.19. The summed E-state index contributed by atoms with van der Waals surface area (Å²) >= 11 is 0. The second-order valence-electron chi connectivity index (χ2n) is 4.26. The van der Waals surface area contributed by atoms with Crippen LogP contribution in [0.15, 0.2) is 18.2 Å². The minimum atomic E-state index is -0.593. The van der Waals surface area contributed by atoms with Gasteiger partial charge in [0.2, 0.25) is 0 Å². The van der Waals surface area contributed by atoms with Gasteiger partial charge in [0.25, 0.3) is 0 Å². The van der Waals surface area contributed by atoms with Crippen LogP contribution in [0.2, 0.25) is 0 Å². The highest BCUT2D eigenvalue weighted by Crippen LogP contribution is 2.27. The van der Waals surface area contributed by atoms with Crippen molar-refractivity contribution in [3.63, 3.8) is 0 Å². The fourth-order valence-corrected chi connectivity index (χ4v) is 1.38. The van der Waals surface area contributed by atoms with E-state index < -0.39 is 10.9 Å². The molecule has 0 aliphatic carbocycles. The maximum absolute atomic E-state index is 11.8. The summed E-state index contributed by atoms with van der Waals surface area (Å²) in [6, 6.07) is 4.00. The summed E-state index contributed by atoms with van der Waals surface area (Å²) in [5, 5.41) is 10.8. The van der Waals surface area contributed by atoms with Gasteiger partial charge in [-0.25, -0.2) is 4.79 Å². The molecule has 104 valence electrons. The number of methoxy groups -OCH3 is 1. The van der Waals surface area contributed by atoms with Gasteiger partial charge in [-0.05, 0) is 18.1 Å². The van der Waals surface area contributed by atoms with Gasteiger partial charge in [-0.3, -0.25) is 10.1 Å². The minimum absolute atomic E-state index is 0.114. The lowest BCUT2D eigenvalue weighted by molar-refractivity contribution is -0.385. The Labute approximate surface area is 111 Å². The molecule has 1 rings (SSSR count). The molecule has 0 N–H and O–H groups in total. The van der Waals surface area contributed by atoms with E-state index in [-0.39, 0.29) is 22.9 Å². The smallest absolute Gasteiger partial charge is 0.338 e. The molecule has 6 heteroatoms. The Morgan fingerprint density at radius 3 is 2.68 bits per heavy atom. The van der Waals surface area contributed by atoms with Crippen LogP contribution >= 0.6 is 0 Å². The molecule has 0 heterocycles. The molecule has 1 atom stereocenters. The highest BCUT2D eigenvalue weighted by molar-refractivity contribution is 5.90. The molecule has 0 spiro atoms. The number of rotatable bonds is 6. The Kier molecular flexibility index (Phi) is 5.29. The molecule has 0 radical (unpaired) electrons. The Balaban J connectivity index is 2.86. The van der Waals surface area contributed by atoms with Gasteiger partial charge in [-0.1, -0.05) is 20.3 Å². The third kappa shape index (κ3) is 3.94. The molecular weight excluding hydrogens is 250 g/mol. The summed E-state index contributed by atoms with van der Waals surface area (Å²) in [6.45, 7) is 4.26. The van der Waals surface area contributed by atoms with E-state index in [1.807, 2.05) is 13.8 Å². The van der Waals surface area contributed by atoms with Crippen LogP contribution < -0.4 is 4.74 Å². The van der Waals surface area contributed by atoms with Crippen molar-refractivity contribution < 1.29 is 19.2 Å². The lowest BCUT2D eigenvalue weighted by Gasteiger charge is -2.10. The zero-order valence-electron chi connectivity index (χ0n) is 11.2. The van der Waals surface area contributed by atoms with E-state index in [4.69, 9.17) is 9.47 Å². The summed E-state index contributed by atoms with van der Waals surface area (Å²) in [7, 11) is 1.34. The topological polar surface area (TPSA) is 78.7 Å². The second-order valence-corrected chi connectivity index (χ2v) is 4.26. The van der Waals surface area contributed by atoms with Gasteiger partial charge in [0.05, 0.1) is 24.2 Å². The third-order valence-electron chi connectivity index (χ3n) is 2.81. The van der Waals surface area contributed by atoms with Crippen molar-refractivity contribution in [1.29, 1.82) is 0 Å². The molecule has 0 amide bonds. The first-order valence-corrected chi connectivity index (χ1v) is 5.99. The van der Waals surface area contributed by atoms with Crippen molar-refractivity contribution in [3.05, 3.63) is 33.9 Å². The molecule has 6 nitrogen and oxygen atoms in total. The molecule has 1 aromatic carbocycles. The second kappa shape index (κ2) is 6.72. The zero-order chi connectivity index (χ0) is 14.4. The number of hydrogen-bond acceptors (Lipinski definition) is 5. The summed E-state index contributed by atoms with van der Waals surface area (Å²) in [5.41, 5.74) is -0.101. The number of ether oxygens (including phenoxy) is 2. The van der Waals surface area contributed by atoms with E-state index in [1.54, 1.807) is 0 Å². The van der Waals surface area contributed by atoms with Crippen molar-refractivity contribution in [2.75, 3.05) is 13.7 Å². The monoisotopic (exact) mass is 267 g/mol. The van der Waals surface area contributed by atoms with Gasteiger partial charge in [0.15, 0.2) is 5.75 Å². The summed E-state index contributed by atoms with van der Waals surface area (Å²) < 4.78 is 9.95. The molecule has 1 unspecified atom stereocenters. The van der Waals surface area contributed by atoms with Crippen LogP contribution in [-0.2, 0) is 4.74 Å². The summed E-state index contributed by atoms with van der Waals surface area (Å²) in [5.74, 6) is -0.188. The number of hydrogen-bond donors (Lipinski definition) is 0. The summed E-state index contributed by atoms with van der Waals surface area (Å²) in [4.78, 5) is 22.0. The fraction of sp³-hybridized carbons (Fsp3) is 0.462. The molecule has 0 saturated carbocycles. The van der Waals surface area contributed by atoms with Gasteiger partial charge in [0, 0.05) is 6.07 Å². The van der Waals surface area contributed by atoms with E-state index in [1.165, 1.54) is 19.2 Å². The van der Waals surface area contributed by atoms with Crippen LogP contribution in [-0.4, -0.2) is 24.6 Å². The fourth-order valence-electron chi connectivity index (χ4n) is 1.38. The highest BCUT2D eigenvalue weighted by atomic mass is 16.6. The van der Waals surface area contributed by atoms with Crippen LogP contribution in [0.25, 0.3) is 0 Å². The van der Waals surface area contributed by atoms with Crippen molar-refractivity contribution >= 4 is 11.7 Å². The molecule has 19 heavy (non-hydrogen) atoms. The normalized spacial score (nSPS) is 11.7. The molecule has 0 saturated heterocycles. The Bertz CT molecular complexity index is 472. The molecule has 1 aromatic rings. The number of benzene rings is 1. The van der Waals surface area contributed by atoms with E-state index in [0.717, 1.165) is 12.5 Å². The average molecular weight is 267 g/mol. The molecule has 0 aliphatic rings. The lowest BCUT2D eigenvalue weighted by Crippen LogP contribution is -2.12. The molecule has 0 aromatic heterocycles. The Morgan fingerprint density at radius 2 is 2.16 bits per heavy atom. The van der Waals surface area contributed by atoms with Crippen molar-refractivity contribution in [2.45, 2.75) is 20.3 Å². The Morgan fingerprint density at radius 1 is 1.47 bits per heavy atom. The predicted octanol–water partition coefficient (Wildman–Crippen LogP) is 2.81. The first-order valence-electron chi connectivity index (χ1n) is 5.99. The van der Waals surface area contributed by atoms with E-state index in [2.05, 4.69) is 0 Å². The first-order chi connectivity index (χ1) is 8.99. The van der Waals surface area contributed by atoms with E-state index >= 15 is 0 Å². The number of carbonyl (C=O) groups is 1. The maximum atomic E-state index is 11.8. The van der Waals surface area contributed by atoms with Crippen LogP contribution in [0, 0.1) is 16.0 Å². The zero-order valence-corrected chi connectivity index (χ0v) is 11.2. The number of esters is 1. The van der Waals surface area contributed by atoms with Crippen LogP contribution in [0.3, 0.4) is 0 Å². The van der Waals surface area contributed by atoms with Crippen molar-refractivity contribution in [3.8, 4) is 5.75 Å². The Hall–Kier alpha value is -2.11. The van der Waals surface area contributed by atoms with Crippen molar-refractivity contribution in [2.24, 2.45) is 5.92 Å². The van der Waals surface area contributed by atoms with Crippen molar-refractivity contribution in [1.82, 2.24) is 0 Å². The van der Waals surface area contributed by atoms with Gasteiger partial charge in [-0.15, -0.1) is 0 Å². The first kappa shape index (κ1) is 14.9. The third-order valence-corrected chi connectivity index (χ3v) is 2.81. The van der Waals surface area contributed by atoms with Crippen LogP contribution in [0.5, 0.6) is 5.75 Å². The van der Waals surface area contributed by atoms with Gasteiger partial charge in [-0.2, -0.15) is 0 Å². The summed E-state index contributed by atoms with van der Waals surface area (Å²) in [6.07, 6.45) is 0.899. The molecule has 0 fully saturated rings. The van der Waals surface area contributed by atoms with Gasteiger partial charge in [0.1, 0.15) is 0 Å². The molecule has 0 bridgehead atoms. The van der Waals surface area contributed by atoms with E-state index in [9.17, 15) is 14.9 Å². The lowest BCUT2D eigenvalue weighted by atomic mass is 10.1. The molecule has 0 aliphatic heterocycles. The molecular formula is C13H17NO5. The SMILES string of the molecule is CCC(C)COC(=O)c1ccc(OC)c([N+](=O)[O-])c1. The average Bonchev–Trinajstić information content (AvgIpc) is 2.43. The standard InChI is InChI=1S/C13H17NO5/c1-4-9(2)8-19-13(15)10-5-6-12(18-3)11(7-10)14(16)17/h5-7,9H,4,8H2,1-3H3. The van der Waals surface area contributed by atoms with Crippen LogP contribution in [0.1, 0.15) is 30.6 Å². The number of nitro benzene ring substituents is 1. The van der Waals surface area contributed by atoms with E-state index in [0.29, 0.717) is 6.61 Å². The maximum Gasteiger partial charge on any atom is 0.338 e. The quantitative estimate of drug-likeness (QED) is 0.450. The number of carbonyl (C=O) groups excluding carboxylic acids is 1. The van der Waals surface area contributed by atoms with Crippen LogP contribution in [0.4, 0.5) is 5.69 Å².